The molecule has 0 radical (unpaired) electrons. The van der Waals surface area contributed by atoms with Gasteiger partial charge in [-0.2, -0.15) is 0 Å². The van der Waals surface area contributed by atoms with Crippen LogP contribution in [0.1, 0.15) is 83.2 Å². The average Bonchev–Trinajstić information content (AvgIpc) is 2.57. The topological polar surface area (TPSA) is 25.8 Å². The van der Waals surface area contributed by atoms with Crippen molar-refractivity contribution < 1.29 is 0 Å². The molecule has 1 unspecified atom stereocenters. The monoisotopic (exact) mass is 298 g/mol. The molecule has 0 spiro atoms. The van der Waals surface area contributed by atoms with Gasteiger partial charge >= 0.3 is 0 Å². The van der Waals surface area contributed by atoms with E-state index < -0.39 is 0 Å². The fourth-order valence-electron chi connectivity index (χ4n) is 3.05. The molecule has 0 amide bonds. The van der Waals surface area contributed by atoms with E-state index in [0.29, 0.717) is 5.92 Å². The lowest BCUT2D eigenvalue weighted by atomic mass is 9.92. The third kappa shape index (κ3) is 5.08. The third-order valence-corrected chi connectivity index (χ3v) is 4.45. The van der Waals surface area contributed by atoms with E-state index in [1.165, 1.54) is 63.5 Å². The van der Waals surface area contributed by atoms with Gasteiger partial charge in [0.05, 0.1) is 16.7 Å². The van der Waals surface area contributed by atoms with E-state index in [1.807, 2.05) is 24.4 Å². The van der Waals surface area contributed by atoms with E-state index in [9.17, 15) is 0 Å². The second kappa shape index (κ2) is 9.55. The van der Waals surface area contributed by atoms with Gasteiger partial charge in [0.2, 0.25) is 0 Å². The van der Waals surface area contributed by atoms with Gasteiger partial charge in [0, 0.05) is 12.1 Å². The van der Waals surface area contributed by atoms with Crippen LogP contribution in [0.15, 0.2) is 30.5 Å². The predicted octanol–water partition coefficient (Wildman–Crippen LogP) is 6.26. The van der Waals surface area contributed by atoms with Crippen LogP contribution in [0.25, 0.3) is 11.0 Å². The molecule has 0 fully saturated rings. The minimum atomic E-state index is 0.582. The van der Waals surface area contributed by atoms with Crippen LogP contribution in [0.3, 0.4) is 0 Å². The highest BCUT2D eigenvalue weighted by Gasteiger charge is 2.13. The van der Waals surface area contributed by atoms with Crippen LogP contribution in [-0.2, 0) is 0 Å². The molecular formula is C20H30N2. The Labute approximate surface area is 135 Å². The molecule has 1 aromatic carbocycles. The van der Waals surface area contributed by atoms with Crippen molar-refractivity contribution in [3.63, 3.8) is 0 Å². The minimum absolute atomic E-state index is 0.582. The van der Waals surface area contributed by atoms with Crippen molar-refractivity contribution in [3.8, 4) is 0 Å². The first-order valence-electron chi connectivity index (χ1n) is 9.06. The Hall–Kier alpha value is -1.44. The van der Waals surface area contributed by atoms with Gasteiger partial charge in [-0.15, -0.1) is 0 Å². The van der Waals surface area contributed by atoms with Crippen molar-refractivity contribution in [3.05, 3.63) is 36.2 Å². The van der Waals surface area contributed by atoms with Crippen LogP contribution in [0.2, 0.25) is 0 Å². The number of benzene rings is 1. The molecule has 0 saturated carbocycles. The lowest BCUT2D eigenvalue weighted by molar-refractivity contribution is 0.496. The summed E-state index contributed by atoms with van der Waals surface area (Å²) in [5, 5.41) is 0. The number of hydrogen-bond donors (Lipinski definition) is 0. The Morgan fingerprint density at radius 2 is 1.50 bits per heavy atom. The first-order chi connectivity index (χ1) is 10.8. The van der Waals surface area contributed by atoms with Gasteiger partial charge in [0.25, 0.3) is 0 Å². The normalized spacial score (nSPS) is 12.6. The molecule has 2 heteroatoms. The summed E-state index contributed by atoms with van der Waals surface area (Å²) in [7, 11) is 0. The van der Waals surface area contributed by atoms with E-state index >= 15 is 0 Å². The molecule has 0 aliphatic rings. The van der Waals surface area contributed by atoms with E-state index in [0.717, 1.165) is 11.0 Å². The quantitative estimate of drug-likeness (QED) is 0.483. The van der Waals surface area contributed by atoms with Crippen LogP contribution < -0.4 is 0 Å². The van der Waals surface area contributed by atoms with Crippen LogP contribution in [-0.4, -0.2) is 9.97 Å². The summed E-state index contributed by atoms with van der Waals surface area (Å²) in [6.07, 6.45) is 13.8. The molecule has 2 nitrogen and oxygen atoms in total. The molecular weight excluding hydrogens is 268 g/mol. The van der Waals surface area contributed by atoms with Gasteiger partial charge in [-0.05, 0) is 25.0 Å². The van der Waals surface area contributed by atoms with Crippen molar-refractivity contribution >= 4 is 11.0 Å². The van der Waals surface area contributed by atoms with E-state index in [-0.39, 0.29) is 0 Å². The molecule has 0 N–H and O–H groups in total. The van der Waals surface area contributed by atoms with Gasteiger partial charge in [0.1, 0.15) is 0 Å². The highest BCUT2D eigenvalue weighted by Crippen LogP contribution is 2.27. The molecule has 120 valence electrons. The zero-order valence-electron chi connectivity index (χ0n) is 14.2. The van der Waals surface area contributed by atoms with Gasteiger partial charge in [-0.3, -0.25) is 4.98 Å². The number of aromatic nitrogens is 2. The summed E-state index contributed by atoms with van der Waals surface area (Å²) in [6, 6.07) is 8.19. The maximum absolute atomic E-state index is 4.88. The highest BCUT2D eigenvalue weighted by atomic mass is 14.8. The molecule has 2 aromatic rings. The first kappa shape index (κ1) is 16.9. The van der Waals surface area contributed by atoms with Crippen LogP contribution in [0, 0.1) is 0 Å². The second-order valence-corrected chi connectivity index (χ2v) is 6.33. The Morgan fingerprint density at radius 3 is 2.27 bits per heavy atom. The highest BCUT2D eigenvalue weighted by molar-refractivity contribution is 5.73. The number of rotatable bonds is 10. The van der Waals surface area contributed by atoms with Crippen molar-refractivity contribution in [1.29, 1.82) is 0 Å². The zero-order chi connectivity index (χ0) is 15.6. The minimum Gasteiger partial charge on any atom is -0.253 e. The lowest BCUT2D eigenvalue weighted by Crippen LogP contribution is -2.03. The SMILES string of the molecule is CCCCCCCC(CCCC)c1cnc2ccccc2n1. The Bertz CT molecular complexity index is 550. The zero-order valence-corrected chi connectivity index (χ0v) is 14.2. The average molecular weight is 298 g/mol. The summed E-state index contributed by atoms with van der Waals surface area (Å²) in [6.45, 7) is 4.54. The van der Waals surface area contributed by atoms with E-state index in [4.69, 9.17) is 4.98 Å². The smallest absolute Gasteiger partial charge is 0.0890 e. The number of nitrogens with zero attached hydrogens (tertiary/aromatic N) is 2. The Kier molecular flexibility index (Phi) is 7.35. The molecule has 0 saturated heterocycles. The summed E-state index contributed by atoms with van der Waals surface area (Å²) >= 11 is 0. The van der Waals surface area contributed by atoms with Gasteiger partial charge in [-0.1, -0.05) is 70.9 Å². The standard InChI is InChI=1S/C20H30N2/c1-3-5-7-8-9-13-17(12-6-4-2)20-16-21-18-14-10-11-15-19(18)22-20/h10-11,14-17H,3-9,12-13H2,1-2H3. The molecule has 22 heavy (non-hydrogen) atoms. The molecule has 0 bridgehead atoms. The fraction of sp³-hybridized carbons (Fsp3) is 0.600. The number of hydrogen-bond acceptors (Lipinski definition) is 2. The predicted molar refractivity (Wildman–Crippen MR) is 95.2 cm³/mol. The van der Waals surface area contributed by atoms with Crippen molar-refractivity contribution in [1.82, 2.24) is 9.97 Å². The van der Waals surface area contributed by atoms with Gasteiger partial charge in [0.15, 0.2) is 0 Å². The van der Waals surface area contributed by atoms with Crippen LogP contribution in [0.4, 0.5) is 0 Å². The number of para-hydroxylation sites is 2. The fourth-order valence-corrected chi connectivity index (χ4v) is 3.05. The largest absolute Gasteiger partial charge is 0.253 e. The van der Waals surface area contributed by atoms with Crippen LogP contribution in [0.5, 0.6) is 0 Å². The van der Waals surface area contributed by atoms with E-state index in [2.05, 4.69) is 24.9 Å². The molecule has 0 aliphatic heterocycles. The summed E-state index contributed by atoms with van der Waals surface area (Å²) in [4.78, 5) is 9.49. The lowest BCUT2D eigenvalue weighted by Gasteiger charge is -2.16. The summed E-state index contributed by atoms with van der Waals surface area (Å²) in [5.41, 5.74) is 3.23. The van der Waals surface area contributed by atoms with E-state index in [1.54, 1.807) is 0 Å². The first-order valence-corrected chi connectivity index (χ1v) is 9.06. The molecule has 2 rings (SSSR count). The molecule has 1 heterocycles. The number of fused-ring (bicyclic) bond motifs is 1. The Morgan fingerprint density at radius 1 is 0.818 bits per heavy atom. The summed E-state index contributed by atoms with van der Waals surface area (Å²) < 4.78 is 0. The third-order valence-electron chi connectivity index (χ3n) is 4.45. The second-order valence-electron chi connectivity index (χ2n) is 6.33. The maximum Gasteiger partial charge on any atom is 0.0890 e. The van der Waals surface area contributed by atoms with Gasteiger partial charge in [-0.25, -0.2) is 4.98 Å². The molecule has 0 aliphatic carbocycles. The van der Waals surface area contributed by atoms with Crippen molar-refractivity contribution in [2.45, 2.75) is 77.6 Å². The Balaban J connectivity index is 2.02. The number of unbranched alkanes of at least 4 members (excludes halogenated alkanes) is 5. The maximum atomic E-state index is 4.88. The molecule has 1 aromatic heterocycles. The van der Waals surface area contributed by atoms with Gasteiger partial charge < -0.3 is 0 Å². The van der Waals surface area contributed by atoms with Crippen LogP contribution >= 0.6 is 0 Å². The summed E-state index contributed by atoms with van der Waals surface area (Å²) in [5.74, 6) is 0.582. The molecule has 1 atom stereocenters. The van der Waals surface area contributed by atoms with Crippen molar-refractivity contribution in [2.24, 2.45) is 0 Å². The van der Waals surface area contributed by atoms with Crippen molar-refractivity contribution in [2.75, 3.05) is 0 Å².